The van der Waals surface area contributed by atoms with E-state index >= 15 is 0 Å². The third-order valence-electron chi connectivity index (χ3n) is 2.99. The molecule has 0 aromatic heterocycles. The maximum absolute atomic E-state index is 4.95. The smallest absolute Gasteiger partial charge is 0.186 e. The first-order valence-corrected chi connectivity index (χ1v) is 6.52. The van der Waals surface area contributed by atoms with Gasteiger partial charge in [-0.1, -0.05) is 20.8 Å². The Hall–Kier alpha value is -0.223. The third-order valence-corrected chi connectivity index (χ3v) is 5.96. The van der Waals surface area contributed by atoms with Crippen molar-refractivity contribution in [1.29, 1.82) is 0 Å². The van der Waals surface area contributed by atoms with Gasteiger partial charge in [0.2, 0.25) is 0 Å². The van der Waals surface area contributed by atoms with E-state index in [9.17, 15) is 0 Å². The highest BCUT2D eigenvalue weighted by atomic mass is 28.2. The summed E-state index contributed by atoms with van der Waals surface area (Å²) < 4.78 is 0. The second-order valence-electron chi connectivity index (χ2n) is 3.12. The van der Waals surface area contributed by atoms with E-state index in [1.54, 1.807) is 0 Å². The first-order chi connectivity index (χ1) is 5.66. The van der Waals surface area contributed by atoms with E-state index in [4.69, 9.17) is 5.90 Å². The van der Waals surface area contributed by atoms with Gasteiger partial charge in [-0.3, -0.25) is 0 Å². The summed E-state index contributed by atoms with van der Waals surface area (Å²) in [6.07, 6.45) is 3.49. The summed E-state index contributed by atoms with van der Waals surface area (Å²) in [5.74, 6) is 4.95. The van der Waals surface area contributed by atoms with E-state index in [2.05, 4.69) is 37.1 Å². The predicted octanol–water partition coefficient (Wildman–Crippen LogP) is 2.65. The van der Waals surface area contributed by atoms with Crippen molar-refractivity contribution in [1.82, 2.24) is 0 Å². The van der Waals surface area contributed by atoms with Crippen LogP contribution in [0.3, 0.4) is 0 Å². The lowest BCUT2D eigenvalue weighted by molar-refractivity contribution is 0.149. The van der Waals surface area contributed by atoms with Crippen LogP contribution >= 0.6 is 0 Å². The minimum absolute atomic E-state index is 0.365. The molecule has 0 aliphatic heterocycles. The van der Waals surface area contributed by atoms with E-state index in [1.165, 1.54) is 0 Å². The van der Waals surface area contributed by atoms with Crippen molar-refractivity contribution in [3.05, 3.63) is 0 Å². The summed E-state index contributed by atoms with van der Waals surface area (Å²) in [5, 5.41) is 0.365. The number of nitrogens with two attached hydrogens (primary N) is 1. The quantitative estimate of drug-likeness (QED) is 0.532. The van der Waals surface area contributed by atoms with Crippen LogP contribution in [0.2, 0.25) is 11.6 Å². The van der Waals surface area contributed by atoms with Gasteiger partial charge in [0.1, 0.15) is 0 Å². The zero-order valence-corrected chi connectivity index (χ0v) is 9.55. The summed E-state index contributed by atoms with van der Waals surface area (Å²) >= 11 is 0. The number of nitrogens with zero attached hydrogens (tertiary/aromatic N) is 1. The fourth-order valence-electron chi connectivity index (χ4n) is 1.69. The number of hydrogen-bond acceptors (Lipinski definition) is 3. The molecular weight excluding hydrogens is 168 g/mol. The molecule has 0 amide bonds. The Labute approximate surface area is 76.5 Å². The molecule has 3 nitrogen and oxygen atoms in total. The van der Waals surface area contributed by atoms with Gasteiger partial charge in [0.05, 0.1) is 0 Å². The molecule has 0 atom stereocenters. The molecule has 0 rings (SSSR count). The van der Waals surface area contributed by atoms with Crippen LogP contribution in [0.25, 0.3) is 0 Å². The largest absolute Gasteiger partial charge is 0.314 e. The molecule has 72 valence electrons. The van der Waals surface area contributed by atoms with E-state index < -0.39 is 8.59 Å². The maximum atomic E-state index is 4.95. The third kappa shape index (κ3) is 2.38. The lowest BCUT2D eigenvalue weighted by Crippen LogP contribution is -2.22. The van der Waals surface area contributed by atoms with Gasteiger partial charge in [-0.15, -0.1) is 10.7 Å². The minimum Gasteiger partial charge on any atom is -0.314 e. The van der Waals surface area contributed by atoms with E-state index in [0.29, 0.717) is 5.04 Å². The summed E-state index contributed by atoms with van der Waals surface area (Å²) in [5.41, 5.74) is 0. The Morgan fingerprint density at radius 2 is 1.67 bits per heavy atom. The molecule has 0 fully saturated rings. The van der Waals surface area contributed by atoms with Crippen molar-refractivity contribution in [2.45, 2.75) is 51.6 Å². The standard InChI is InChI=1S/C8H20N2OSi/c1-5-8(6-2,7-3)12(4)10-11-9/h5-7,9H2,1-4H3. The van der Waals surface area contributed by atoms with Crippen LogP contribution in [-0.2, 0) is 4.94 Å². The molecule has 4 heteroatoms. The van der Waals surface area contributed by atoms with Crippen LogP contribution in [0, 0.1) is 0 Å². The van der Waals surface area contributed by atoms with E-state index in [1.807, 2.05) is 0 Å². The van der Waals surface area contributed by atoms with Gasteiger partial charge in [-0.05, 0) is 30.8 Å². The fourth-order valence-corrected chi connectivity index (χ4v) is 3.58. The van der Waals surface area contributed by atoms with Crippen LogP contribution in [0.5, 0.6) is 0 Å². The SMILES string of the molecule is CCC(CC)(CC)[Si](C)=NON. The molecule has 0 bridgehead atoms. The van der Waals surface area contributed by atoms with Crippen molar-refractivity contribution >= 4 is 8.59 Å². The Bertz CT molecular complexity index is 147. The molecule has 0 aromatic carbocycles. The molecule has 0 heterocycles. The molecule has 12 heavy (non-hydrogen) atoms. The van der Waals surface area contributed by atoms with E-state index in [0.717, 1.165) is 19.3 Å². The van der Waals surface area contributed by atoms with Gasteiger partial charge >= 0.3 is 0 Å². The molecule has 0 spiro atoms. The molecule has 0 radical (unpaired) electrons. The number of rotatable bonds is 5. The van der Waals surface area contributed by atoms with Crippen molar-refractivity contribution in [3.63, 3.8) is 0 Å². The van der Waals surface area contributed by atoms with Crippen molar-refractivity contribution in [2.75, 3.05) is 0 Å². The zero-order valence-electron chi connectivity index (χ0n) is 8.55. The summed E-state index contributed by atoms with van der Waals surface area (Å²) in [6, 6.07) is 0. The number of hydrogen-bond donors (Lipinski definition) is 1. The molecule has 0 saturated heterocycles. The fraction of sp³-hybridized carbons (Fsp3) is 1.00. The maximum Gasteiger partial charge on any atom is 0.186 e. The molecule has 0 aromatic rings. The molecule has 0 saturated carbocycles. The monoisotopic (exact) mass is 188 g/mol. The van der Waals surface area contributed by atoms with Crippen LogP contribution < -0.4 is 5.90 Å². The highest BCUT2D eigenvalue weighted by molar-refractivity contribution is 6.48. The summed E-state index contributed by atoms with van der Waals surface area (Å²) in [4.78, 5) is 8.37. The normalized spacial score (nSPS) is 13.2. The summed E-state index contributed by atoms with van der Waals surface area (Å²) in [7, 11) is -0.813. The van der Waals surface area contributed by atoms with Crippen LogP contribution in [0.4, 0.5) is 0 Å². The average Bonchev–Trinajstić information content (AvgIpc) is 2.09. The van der Waals surface area contributed by atoms with E-state index in [-0.39, 0.29) is 0 Å². The molecular formula is C8H20N2OSi. The van der Waals surface area contributed by atoms with Gasteiger partial charge in [0, 0.05) is 0 Å². The van der Waals surface area contributed by atoms with Gasteiger partial charge in [-0.2, -0.15) is 0 Å². The van der Waals surface area contributed by atoms with Crippen molar-refractivity contribution < 1.29 is 4.94 Å². The first-order valence-electron chi connectivity index (χ1n) is 4.57. The van der Waals surface area contributed by atoms with Crippen LogP contribution in [0.1, 0.15) is 40.0 Å². The zero-order chi connectivity index (χ0) is 9.61. The predicted molar refractivity (Wildman–Crippen MR) is 52.9 cm³/mol. The minimum atomic E-state index is -0.813. The van der Waals surface area contributed by atoms with Crippen LogP contribution in [0.15, 0.2) is 4.80 Å². The lowest BCUT2D eigenvalue weighted by Gasteiger charge is -2.28. The van der Waals surface area contributed by atoms with Crippen LogP contribution in [-0.4, -0.2) is 8.59 Å². The van der Waals surface area contributed by atoms with Gasteiger partial charge in [0.25, 0.3) is 0 Å². The van der Waals surface area contributed by atoms with Crippen molar-refractivity contribution in [3.8, 4) is 0 Å². The van der Waals surface area contributed by atoms with Gasteiger partial charge in [0.15, 0.2) is 8.59 Å². The first kappa shape index (κ1) is 11.8. The molecule has 2 N–H and O–H groups in total. The highest BCUT2D eigenvalue weighted by Gasteiger charge is 2.29. The second kappa shape index (κ2) is 5.43. The highest BCUT2D eigenvalue weighted by Crippen LogP contribution is 2.39. The Kier molecular flexibility index (Phi) is 5.33. The average molecular weight is 188 g/mol. The van der Waals surface area contributed by atoms with Gasteiger partial charge < -0.3 is 4.94 Å². The second-order valence-corrected chi connectivity index (χ2v) is 5.54. The molecule has 0 aliphatic rings. The van der Waals surface area contributed by atoms with Gasteiger partial charge in [-0.25, -0.2) is 0 Å². The lowest BCUT2D eigenvalue weighted by atomic mass is 9.99. The topological polar surface area (TPSA) is 47.6 Å². The Morgan fingerprint density at radius 1 is 1.25 bits per heavy atom. The molecule has 0 aliphatic carbocycles. The molecule has 0 unspecified atom stereocenters. The summed E-state index contributed by atoms with van der Waals surface area (Å²) in [6.45, 7) is 8.81. The Balaban J connectivity index is 4.58. The van der Waals surface area contributed by atoms with Crippen molar-refractivity contribution in [2.24, 2.45) is 10.7 Å². The Morgan fingerprint density at radius 3 is 1.92 bits per heavy atom.